The first kappa shape index (κ1) is 13.3. The third kappa shape index (κ3) is 2.73. The SMILES string of the molecule is Cc1c(F)cccc1-c1ccc(F)cc1CNC1CC1. The molecule has 0 bridgehead atoms. The topological polar surface area (TPSA) is 12.0 Å². The van der Waals surface area contributed by atoms with Crippen LogP contribution in [0, 0.1) is 18.6 Å². The minimum Gasteiger partial charge on any atom is -0.310 e. The van der Waals surface area contributed by atoms with Crippen molar-refractivity contribution in [2.75, 3.05) is 0 Å². The van der Waals surface area contributed by atoms with Gasteiger partial charge in [0.05, 0.1) is 0 Å². The Morgan fingerprint density at radius 2 is 1.90 bits per heavy atom. The van der Waals surface area contributed by atoms with Gasteiger partial charge in [0.1, 0.15) is 11.6 Å². The molecule has 0 atom stereocenters. The monoisotopic (exact) mass is 273 g/mol. The standard InChI is InChI=1S/C17H17F2N/c1-11-15(3-2-4-17(11)19)16-8-5-13(18)9-12(16)10-20-14-6-7-14/h2-5,8-9,14,20H,6-7,10H2,1H3. The zero-order valence-electron chi connectivity index (χ0n) is 11.4. The van der Waals surface area contributed by atoms with Crippen molar-refractivity contribution in [3.8, 4) is 11.1 Å². The highest BCUT2D eigenvalue weighted by Gasteiger charge is 2.21. The molecule has 0 aromatic heterocycles. The Kier molecular flexibility index (Phi) is 3.53. The molecule has 0 heterocycles. The average Bonchev–Trinajstić information content (AvgIpc) is 3.24. The maximum atomic E-state index is 13.7. The lowest BCUT2D eigenvalue weighted by Crippen LogP contribution is -2.16. The Morgan fingerprint density at radius 3 is 2.65 bits per heavy atom. The van der Waals surface area contributed by atoms with Crippen LogP contribution < -0.4 is 5.32 Å². The van der Waals surface area contributed by atoms with Crippen LogP contribution in [0.25, 0.3) is 11.1 Å². The largest absolute Gasteiger partial charge is 0.310 e. The molecule has 3 rings (SSSR count). The van der Waals surface area contributed by atoms with Crippen LogP contribution in [0.4, 0.5) is 8.78 Å². The van der Waals surface area contributed by atoms with Crippen LogP contribution in [0.15, 0.2) is 36.4 Å². The number of rotatable bonds is 4. The smallest absolute Gasteiger partial charge is 0.126 e. The summed E-state index contributed by atoms with van der Waals surface area (Å²) in [5.74, 6) is -0.483. The molecule has 104 valence electrons. The average molecular weight is 273 g/mol. The molecule has 3 heteroatoms. The van der Waals surface area contributed by atoms with Crippen molar-refractivity contribution >= 4 is 0 Å². The molecule has 0 unspecified atom stereocenters. The van der Waals surface area contributed by atoms with E-state index in [0.717, 1.165) is 16.7 Å². The van der Waals surface area contributed by atoms with Crippen LogP contribution >= 0.6 is 0 Å². The fourth-order valence-corrected chi connectivity index (χ4v) is 2.41. The summed E-state index contributed by atoms with van der Waals surface area (Å²) in [5, 5.41) is 3.38. The van der Waals surface area contributed by atoms with Crippen molar-refractivity contribution in [1.29, 1.82) is 0 Å². The van der Waals surface area contributed by atoms with Gasteiger partial charge < -0.3 is 5.32 Å². The lowest BCUT2D eigenvalue weighted by molar-refractivity contribution is 0.617. The summed E-state index contributed by atoms with van der Waals surface area (Å²) in [6.45, 7) is 2.37. The summed E-state index contributed by atoms with van der Waals surface area (Å²) in [4.78, 5) is 0. The molecule has 0 spiro atoms. The maximum absolute atomic E-state index is 13.7. The van der Waals surface area contributed by atoms with Gasteiger partial charge in [0.15, 0.2) is 0 Å². The van der Waals surface area contributed by atoms with E-state index in [1.165, 1.54) is 31.0 Å². The van der Waals surface area contributed by atoms with Crippen LogP contribution in [-0.2, 0) is 6.54 Å². The molecule has 0 aliphatic heterocycles. The second kappa shape index (κ2) is 5.33. The summed E-state index contributed by atoms with van der Waals surface area (Å²) in [6.07, 6.45) is 2.37. The molecule has 2 aromatic rings. The number of nitrogens with one attached hydrogen (secondary N) is 1. The summed E-state index contributed by atoms with van der Waals surface area (Å²) in [7, 11) is 0. The molecule has 1 saturated carbocycles. The summed E-state index contributed by atoms with van der Waals surface area (Å²) < 4.78 is 27.2. The zero-order valence-corrected chi connectivity index (χ0v) is 11.4. The number of hydrogen-bond acceptors (Lipinski definition) is 1. The van der Waals surface area contributed by atoms with Crippen LogP contribution in [0.2, 0.25) is 0 Å². The number of benzene rings is 2. The van der Waals surface area contributed by atoms with Gasteiger partial charge in [0, 0.05) is 12.6 Å². The predicted molar refractivity (Wildman–Crippen MR) is 76.4 cm³/mol. The Bertz CT molecular complexity index is 633. The third-order valence-electron chi connectivity index (χ3n) is 3.78. The van der Waals surface area contributed by atoms with Gasteiger partial charge >= 0.3 is 0 Å². The lowest BCUT2D eigenvalue weighted by Gasteiger charge is -2.13. The molecule has 0 radical (unpaired) electrons. The summed E-state index contributed by atoms with van der Waals surface area (Å²) in [5.41, 5.74) is 3.21. The van der Waals surface area contributed by atoms with Crippen molar-refractivity contribution in [2.45, 2.75) is 32.4 Å². The molecular weight excluding hydrogens is 256 g/mol. The van der Waals surface area contributed by atoms with E-state index in [9.17, 15) is 8.78 Å². The fourth-order valence-electron chi connectivity index (χ4n) is 2.41. The van der Waals surface area contributed by atoms with Gasteiger partial charge in [-0.2, -0.15) is 0 Å². The van der Waals surface area contributed by atoms with Crippen molar-refractivity contribution in [3.05, 3.63) is 59.2 Å². The molecule has 1 aliphatic rings. The van der Waals surface area contributed by atoms with Crippen LogP contribution in [0.1, 0.15) is 24.0 Å². The maximum Gasteiger partial charge on any atom is 0.126 e. The first-order chi connectivity index (χ1) is 9.65. The highest BCUT2D eigenvalue weighted by atomic mass is 19.1. The Morgan fingerprint density at radius 1 is 1.10 bits per heavy atom. The van der Waals surface area contributed by atoms with Crippen LogP contribution in [-0.4, -0.2) is 6.04 Å². The Balaban J connectivity index is 2.00. The molecule has 0 amide bonds. The van der Waals surface area contributed by atoms with Gasteiger partial charge in [-0.1, -0.05) is 18.2 Å². The van der Waals surface area contributed by atoms with E-state index >= 15 is 0 Å². The van der Waals surface area contributed by atoms with Crippen molar-refractivity contribution < 1.29 is 8.78 Å². The zero-order chi connectivity index (χ0) is 14.1. The molecule has 2 aromatic carbocycles. The second-order valence-electron chi connectivity index (χ2n) is 5.37. The second-order valence-corrected chi connectivity index (χ2v) is 5.37. The predicted octanol–water partition coefficient (Wildman–Crippen LogP) is 4.19. The molecule has 1 fully saturated rings. The molecule has 1 N–H and O–H groups in total. The summed E-state index contributed by atoms with van der Waals surface area (Å²) >= 11 is 0. The van der Waals surface area contributed by atoms with Crippen molar-refractivity contribution in [3.63, 3.8) is 0 Å². The van der Waals surface area contributed by atoms with Crippen molar-refractivity contribution in [2.24, 2.45) is 0 Å². The molecule has 0 saturated heterocycles. The first-order valence-corrected chi connectivity index (χ1v) is 6.92. The minimum atomic E-state index is -0.254. The van der Waals surface area contributed by atoms with E-state index in [2.05, 4.69) is 5.32 Å². The van der Waals surface area contributed by atoms with Gasteiger partial charge in [-0.25, -0.2) is 8.78 Å². The van der Waals surface area contributed by atoms with E-state index in [4.69, 9.17) is 0 Å². The normalized spacial score (nSPS) is 14.6. The van der Waals surface area contributed by atoms with E-state index in [1.54, 1.807) is 19.1 Å². The molecular formula is C17H17F2N. The highest BCUT2D eigenvalue weighted by Crippen LogP contribution is 2.29. The third-order valence-corrected chi connectivity index (χ3v) is 3.78. The van der Waals surface area contributed by atoms with Gasteiger partial charge in [0.25, 0.3) is 0 Å². The number of hydrogen-bond donors (Lipinski definition) is 1. The molecule has 20 heavy (non-hydrogen) atoms. The number of halogens is 2. The minimum absolute atomic E-state index is 0.229. The lowest BCUT2D eigenvalue weighted by atomic mass is 9.95. The van der Waals surface area contributed by atoms with Gasteiger partial charge in [0.2, 0.25) is 0 Å². The van der Waals surface area contributed by atoms with Gasteiger partial charge in [-0.3, -0.25) is 0 Å². The highest BCUT2D eigenvalue weighted by molar-refractivity contribution is 5.70. The van der Waals surface area contributed by atoms with Crippen LogP contribution in [0.3, 0.4) is 0 Å². The Hall–Kier alpha value is -1.74. The molecule has 1 nitrogen and oxygen atoms in total. The van der Waals surface area contributed by atoms with E-state index in [-0.39, 0.29) is 11.6 Å². The molecule has 1 aliphatic carbocycles. The van der Waals surface area contributed by atoms with E-state index < -0.39 is 0 Å². The van der Waals surface area contributed by atoms with Crippen LogP contribution in [0.5, 0.6) is 0 Å². The van der Waals surface area contributed by atoms with E-state index in [0.29, 0.717) is 18.2 Å². The quantitative estimate of drug-likeness (QED) is 0.880. The fraction of sp³-hybridized carbons (Fsp3) is 0.294. The van der Waals surface area contributed by atoms with Gasteiger partial charge in [-0.15, -0.1) is 0 Å². The van der Waals surface area contributed by atoms with Crippen molar-refractivity contribution in [1.82, 2.24) is 5.32 Å². The van der Waals surface area contributed by atoms with Gasteiger partial charge in [-0.05, 0) is 60.2 Å². The summed E-state index contributed by atoms with van der Waals surface area (Å²) in [6, 6.07) is 10.3. The Labute approximate surface area is 117 Å². The van der Waals surface area contributed by atoms with E-state index in [1.807, 2.05) is 6.07 Å². The first-order valence-electron chi connectivity index (χ1n) is 6.92.